The van der Waals surface area contributed by atoms with E-state index in [1.54, 1.807) is 4.90 Å². The standard InChI is InChI=1S/C38H51Cl3N4O9/c1-37(2,3)32(43-33(47)27(18-25-10-8-9-11-25)20-42-35(49)53-22-26-12-6-5-7-13-26)34(48)44-16-14-28(15-17-44)45(36(50)54-24-38(39,40)41)21-29-19-30(46)31(51-4)23-52-29/h5-7,12-13,19,23,25,27-28,32H,8-11,14-18,20-22,24H2,1-4H3,(H,42,49)(H,43,47)/t27-,32-/m1/s1. The number of alkyl carbamates (subject to hydrolysis) is 1. The number of halogens is 3. The number of nitrogens with one attached hydrogen (secondary N) is 2. The van der Waals surface area contributed by atoms with Crippen molar-refractivity contribution in [2.75, 3.05) is 33.4 Å². The lowest BCUT2D eigenvalue weighted by molar-refractivity contribution is -0.141. The second-order valence-electron chi connectivity index (χ2n) is 15.0. The topological polar surface area (TPSA) is 157 Å². The van der Waals surface area contributed by atoms with Crippen molar-refractivity contribution < 1.29 is 37.8 Å². The largest absolute Gasteiger partial charge is 0.490 e. The van der Waals surface area contributed by atoms with Crippen LogP contribution in [0.25, 0.3) is 0 Å². The average molecular weight is 814 g/mol. The number of hydrogen-bond donors (Lipinski definition) is 2. The summed E-state index contributed by atoms with van der Waals surface area (Å²) in [5.74, 6) is -0.578. The van der Waals surface area contributed by atoms with Crippen LogP contribution < -0.4 is 20.8 Å². The molecule has 0 radical (unpaired) electrons. The molecule has 0 bridgehead atoms. The van der Waals surface area contributed by atoms with E-state index in [-0.39, 0.29) is 56.1 Å². The van der Waals surface area contributed by atoms with E-state index < -0.39 is 51.4 Å². The fourth-order valence-corrected chi connectivity index (χ4v) is 6.97. The molecule has 2 N–H and O–H groups in total. The van der Waals surface area contributed by atoms with Crippen LogP contribution in [0.3, 0.4) is 0 Å². The number of amides is 4. The number of carbonyl (C=O) groups is 4. The summed E-state index contributed by atoms with van der Waals surface area (Å²) in [5.41, 5.74) is -0.224. The number of nitrogens with zero attached hydrogens (tertiary/aromatic N) is 2. The summed E-state index contributed by atoms with van der Waals surface area (Å²) in [6.07, 6.45) is 5.29. The highest BCUT2D eigenvalue weighted by Gasteiger charge is 2.40. The summed E-state index contributed by atoms with van der Waals surface area (Å²) >= 11 is 17.5. The van der Waals surface area contributed by atoms with Gasteiger partial charge in [0.25, 0.3) is 0 Å². The van der Waals surface area contributed by atoms with Crippen molar-refractivity contribution >= 4 is 58.8 Å². The smallest absolute Gasteiger partial charge is 0.410 e. The Morgan fingerprint density at radius 2 is 1.67 bits per heavy atom. The number of ether oxygens (including phenoxy) is 3. The van der Waals surface area contributed by atoms with Crippen LogP contribution >= 0.6 is 34.8 Å². The molecule has 1 aromatic heterocycles. The van der Waals surface area contributed by atoms with Gasteiger partial charge >= 0.3 is 12.2 Å². The lowest BCUT2D eigenvalue weighted by Gasteiger charge is -2.41. The normalized spacial score (nSPS) is 16.6. The van der Waals surface area contributed by atoms with E-state index in [1.165, 1.54) is 18.1 Å². The van der Waals surface area contributed by atoms with Crippen molar-refractivity contribution in [3.63, 3.8) is 0 Å². The molecule has 1 aliphatic heterocycles. The fraction of sp³-hybridized carbons (Fsp3) is 0.605. The first-order valence-electron chi connectivity index (χ1n) is 18.2. The predicted molar refractivity (Wildman–Crippen MR) is 204 cm³/mol. The number of alkyl halides is 3. The van der Waals surface area contributed by atoms with Crippen molar-refractivity contribution in [2.24, 2.45) is 17.3 Å². The van der Waals surface area contributed by atoms with Gasteiger partial charge in [-0.2, -0.15) is 0 Å². The Morgan fingerprint density at radius 3 is 2.26 bits per heavy atom. The Hall–Kier alpha value is -3.68. The molecule has 4 rings (SSSR count). The Morgan fingerprint density at radius 1 is 1.00 bits per heavy atom. The highest BCUT2D eigenvalue weighted by atomic mass is 35.6. The molecule has 1 saturated heterocycles. The molecule has 1 saturated carbocycles. The maximum Gasteiger partial charge on any atom is 0.410 e. The lowest BCUT2D eigenvalue weighted by Crippen LogP contribution is -2.58. The first kappa shape index (κ1) is 43.1. The van der Waals surface area contributed by atoms with Crippen LogP contribution in [0.2, 0.25) is 0 Å². The second kappa shape index (κ2) is 19.8. The van der Waals surface area contributed by atoms with E-state index >= 15 is 0 Å². The van der Waals surface area contributed by atoms with Crippen LogP contribution in [0.4, 0.5) is 9.59 Å². The van der Waals surface area contributed by atoms with Crippen molar-refractivity contribution in [2.45, 2.75) is 94.7 Å². The van der Waals surface area contributed by atoms with Crippen LogP contribution in [0.15, 0.2) is 51.9 Å². The molecule has 2 aromatic rings. The van der Waals surface area contributed by atoms with Gasteiger partial charge in [0.05, 0.1) is 19.6 Å². The quantitative estimate of drug-likeness (QED) is 0.201. The van der Waals surface area contributed by atoms with Gasteiger partial charge in [-0.1, -0.05) is 112 Å². The minimum absolute atomic E-state index is 0.0128. The second-order valence-corrected chi connectivity index (χ2v) is 17.5. The van der Waals surface area contributed by atoms with Gasteiger partial charge in [-0.25, -0.2) is 9.59 Å². The lowest BCUT2D eigenvalue weighted by atomic mass is 9.84. The average Bonchev–Trinajstić information content (AvgIpc) is 3.65. The molecule has 1 aliphatic carbocycles. The summed E-state index contributed by atoms with van der Waals surface area (Å²) in [5, 5.41) is 5.81. The first-order valence-corrected chi connectivity index (χ1v) is 19.4. The molecule has 1 aromatic carbocycles. The zero-order valence-corrected chi connectivity index (χ0v) is 33.5. The van der Waals surface area contributed by atoms with Gasteiger partial charge in [0.15, 0.2) is 0 Å². The van der Waals surface area contributed by atoms with Crippen LogP contribution in [-0.4, -0.2) is 83.0 Å². The maximum absolute atomic E-state index is 14.2. The van der Waals surface area contributed by atoms with Crippen molar-refractivity contribution in [1.29, 1.82) is 0 Å². The molecule has 2 atom stereocenters. The van der Waals surface area contributed by atoms with Crippen molar-refractivity contribution in [3.8, 4) is 5.75 Å². The number of hydrogen-bond acceptors (Lipinski definition) is 9. The summed E-state index contributed by atoms with van der Waals surface area (Å²) in [6.45, 7) is 5.76. The maximum atomic E-state index is 14.2. The molecule has 0 spiro atoms. The van der Waals surface area contributed by atoms with Crippen LogP contribution in [0, 0.1) is 17.3 Å². The van der Waals surface area contributed by atoms with Gasteiger partial charge in [0, 0.05) is 31.7 Å². The molecule has 298 valence electrons. The highest BCUT2D eigenvalue weighted by molar-refractivity contribution is 6.67. The molecule has 4 amide bonds. The Labute approximate surface area is 331 Å². The van der Waals surface area contributed by atoms with Crippen molar-refractivity contribution in [3.05, 3.63) is 64.2 Å². The number of rotatable bonds is 14. The van der Waals surface area contributed by atoms with Gasteiger partial charge in [-0.05, 0) is 36.2 Å². The van der Waals surface area contributed by atoms with E-state index in [0.29, 0.717) is 25.2 Å². The summed E-state index contributed by atoms with van der Waals surface area (Å²) in [4.78, 5) is 69.5. The Kier molecular flexibility index (Phi) is 15.8. The number of likely N-dealkylation sites (tertiary alicyclic amines) is 1. The molecular weight excluding hydrogens is 763 g/mol. The first-order chi connectivity index (χ1) is 25.5. The number of piperidine rings is 1. The molecule has 2 fully saturated rings. The minimum atomic E-state index is -1.84. The fourth-order valence-electron chi connectivity index (χ4n) is 6.81. The third-order valence-electron chi connectivity index (χ3n) is 9.78. The zero-order chi connectivity index (χ0) is 39.5. The van der Waals surface area contributed by atoms with E-state index in [0.717, 1.165) is 37.5 Å². The molecule has 2 aliphatic rings. The van der Waals surface area contributed by atoms with Gasteiger partial charge in [0.1, 0.15) is 31.3 Å². The third-order valence-corrected chi connectivity index (χ3v) is 10.1. The van der Waals surface area contributed by atoms with Gasteiger partial charge < -0.3 is 34.2 Å². The Balaban J connectivity index is 1.42. The van der Waals surface area contributed by atoms with E-state index in [1.807, 2.05) is 51.1 Å². The number of methoxy groups -OCH3 is 1. The summed E-state index contributed by atoms with van der Waals surface area (Å²) in [7, 11) is 1.34. The van der Waals surface area contributed by atoms with E-state index in [4.69, 9.17) is 53.4 Å². The molecule has 2 heterocycles. The summed E-state index contributed by atoms with van der Waals surface area (Å²) in [6, 6.07) is 9.27. The molecule has 13 nitrogen and oxygen atoms in total. The molecule has 0 unspecified atom stereocenters. The zero-order valence-electron chi connectivity index (χ0n) is 31.2. The number of benzene rings is 1. The van der Waals surface area contributed by atoms with Gasteiger partial charge in [-0.15, -0.1) is 0 Å². The van der Waals surface area contributed by atoms with E-state index in [9.17, 15) is 24.0 Å². The van der Waals surface area contributed by atoms with Gasteiger partial charge in [-0.3, -0.25) is 19.3 Å². The molecule has 54 heavy (non-hydrogen) atoms. The molecular formula is C38H51Cl3N4O9. The monoisotopic (exact) mass is 812 g/mol. The third kappa shape index (κ3) is 13.3. The highest BCUT2D eigenvalue weighted by Crippen LogP contribution is 2.32. The number of carbonyl (C=O) groups excluding carboxylic acids is 4. The molecule has 16 heteroatoms. The summed E-state index contributed by atoms with van der Waals surface area (Å²) < 4.78 is 19.4. The minimum Gasteiger partial charge on any atom is -0.490 e. The predicted octanol–water partition coefficient (Wildman–Crippen LogP) is 6.60. The van der Waals surface area contributed by atoms with Crippen LogP contribution in [-0.2, 0) is 32.2 Å². The van der Waals surface area contributed by atoms with Gasteiger partial charge in [0.2, 0.25) is 26.8 Å². The van der Waals surface area contributed by atoms with E-state index in [2.05, 4.69) is 10.6 Å². The van der Waals surface area contributed by atoms with Crippen molar-refractivity contribution in [1.82, 2.24) is 20.4 Å². The van der Waals surface area contributed by atoms with Crippen LogP contribution in [0.5, 0.6) is 5.75 Å². The Bertz CT molecular complexity index is 1620. The van der Waals surface area contributed by atoms with Crippen LogP contribution in [0.1, 0.15) is 77.0 Å². The SMILES string of the molecule is COc1coc(CN(C(=O)OCC(Cl)(Cl)Cl)C2CCN(C(=O)[C@@H](NC(=O)[C@@H](CNC(=O)OCc3ccccc3)CC3CCCC3)C(C)(C)C)CC2)cc1=O.